The molecule has 0 saturated heterocycles. The summed E-state index contributed by atoms with van der Waals surface area (Å²) in [6.45, 7) is 4.91. The fourth-order valence-electron chi connectivity index (χ4n) is 2.87. The summed E-state index contributed by atoms with van der Waals surface area (Å²) < 4.78 is 6.75. The molecule has 8 heteroatoms. The maximum absolute atomic E-state index is 12.8. The summed E-state index contributed by atoms with van der Waals surface area (Å²) in [4.78, 5) is 30.6. The van der Waals surface area contributed by atoms with Gasteiger partial charge in [0, 0.05) is 24.5 Å². The first-order chi connectivity index (χ1) is 13.0. The number of rotatable bonds is 7. The number of thioether (sulfide) groups is 2. The number of hydrogen-bond acceptors (Lipinski definition) is 6. The number of benzene rings is 1. The third kappa shape index (κ3) is 4.94. The molecule has 0 fully saturated rings. The number of methoxy groups -OCH3 is 1. The van der Waals surface area contributed by atoms with Crippen LogP contribution < -0.4 is 10.9 Å². The second kappa shape index (κ2) is 8.95. The van der Waals surface area contributed by atoms with Crippen LogP contribution in [0.5, 0.6) is 0 Å². The molecule has 1 aliphatic rings. The standard InChI is InChI=1S/C19H23N3O3S2/c1-12-5-4-6-14(9-12)20-16(23)11-26-19-21-15-10-13(2)27-17(15)18(24)22(19)7-8-25-3/h4-6,9,13H,7-8,10-11H2,1-3H3,(H,20,23). The Morgan fingerprint density at radius 1 is 1.48 bits per heavy atom. The zero-order valence-electron chi connectivity index (χ0n) is 15.7. The van der Waals surface area contributed by atoms with Gasteiger partial charge in [-0.25, -0.2) is 4.98 Å². The monoisotopic (exact) mass is 405 g/mol. The van der Waals surface area contributed by atoms with Gasteiger partial charge in [-0.1, -0.05) is 30.8 Å². The zero-order valence-corrected chi connectivity index (χ0v) is 17.3. The normalized spacial score (nSPS) is 15.6. The number of carbonyl (C=O) groups is 1. The van der Waals surface area contributed by atoms with Crippen LogP contribution in [-0.2, 0) is 22.5 Å². The number of carbonyl (C=O) groups excluding carboxylic acids is 1. The summed E-state index contributed by atoms with van der Waals surface area (Å²) in [6, 6.07) is 7.66. The lowest BCUT2D eigenvalue weighted by molar-refractivity contribution is -0.113. The molecule has 1 unspecified atom stereocenters. The SMILES string of the molecule is COCCn1c(SCC(=O)Nc2cccc(C)c2)nc2c(c1=O)SC(C)C2. The number of nitrogens with one attached hydrogen (secondary N) is 1. The summed E-state index contributed by atoms with van der Waals surface area (Å²) >= 11 is 2.86. The Bertz CT molecular complexity index is 898. The van der Waals surface area contributed by atoms with Crippen molar-refractivity contribution in [2.45, 2.75) is 42.1 Å². The van der Waals surface area contributed by atoms with Crippen molar-refractivity contribution in [3.05, 3.63) is 45.9 Å². The lowest BCUT2D eigenvalue weighted by Crippen LogP contribution is -2.27. The molecule has 27 heavy (non-hydrogen) atoms. The molecule has 1 atom stereocenters. The highest BCUT2D eigenvalue weighted by molar-refractivity contribution is 8.00. The molecule has 1 amide bonds. The van der Waals surface area contributed by atoms with Crippen molar-refractivity contribution in [1.82, 2.24) is 9.55 Å². The fraction of sp³-hybridized carbons (Fsp3) is 0.421. The lowest BCUT2D eigenvalue weighted by Gasteiger charge is -2.13. The van der Waals surface area contributed by atoms with E-state index in [1.807, 2.05) is 31.2 Å². The lowest BCUT2D eigenvalue weighted by atomic mass is 10.2. The van der Waals surface area contributed by atoms with E-state index in [0.717, 1.165) is 28.3 Å². The molecule has 2 heterocycles. The Balaban J connectivity index is 1.75. The summed E-state index contributed by atoms with van der Waals surface area (Å²) in [5, 5.41) is 3.81. The molecule has 0 radical (unpaired) electrons. The van der Waals surface area contributed by atoms with E-state index < -0.39 is 0 Å². The Morgan fingerprint density at radius 2 is 2.30 bits per heavy atom. The Kier molecular flexibility index (Phi) is 6.62. The van der Waals surface area contributed by atoms with Gasteiger partial charge < -0.3 is 10.1 Å². The average molecular weight is 406 g/mol. The first-order valence-corrected chi connectivity index (χ1v) is 10.6. The number of nitrogens with zero attached hydrogens (tertiary/aromatic N) is 2. The summed E-state index contributed by atoms with van der Waals surface area (Å²) in [5.41, 5.74) is 2.66. The van der Waals surface area contributed by atoms with E-state index in [-0.39, 0.29) is 17.2 Å². The third-order valence-corrected chi connectivity index (χ3v) is 6.31. The summed E-state index contributed by atoms with van der Waals surface area (Å²) in [5.74, 6) is 0.0656. The van der Waals surface area contributed by atoms with Crippen LogP contribution in [-0.4, -0.2) is 40.2 Å². The summed E-state index contributed by atoms with van der Waals surface area (Å²) in [6.07, 6.45) is 0.781. The number of hydrogen-bond donors (Lipinski definition) is 1. The Labute approximate surface area is 167 Å². The van der Waals surface area contributed by atoms with E-state index in [1.54, 1.807) is 23.4 Å². The van der Waals surface area contributed by atoms with E-state index in [0.29, 0.717) is 23.6 Å². The molecule has 0 aliphatic carbocycles. The molecule has 144 valence electrons. The molecule has 2 aromatic rings. The van der Waals surface area contributed by atoms with E-state index in [1.165, 1.54) is 11.8 Å². The topological polar surface area (TPSA) is 73.2 Å². The first kappa shape index (κ1) is 20.0. The smallest absolute Gasteiger partial charge is 0.268 e. The van der Waals surface area contributed by atoms with Gasteiger partial charge in [0.2, 0.25) is 5.91 Å². The van der Waals surface area contributed by atoms with Gasteiger partial charge >= 0.3 is 0 Å². The molecule has 1 N–H and O–H groups in total. The van der Waals surface area contributed by atoms with Crippen molar-refractivity contribution in [2.24, 2.45) is 0 Å². The predicted molar refractivity (Wildman–Crippen MR) is 110 cm³/mol. The molecular formula is C19H23N3O3S2. The maximum atomic E-state index is 12.8. The minimum absolute atomic E-state index is 0.0343. The zero-order chi connectivity index (χ0) is 19.4. The van der Waals surface area contributed by atoms with Crippen LogP contribution in [0.1, 0.15) is 18.2 Å². The average Bonchev–Trinajstić information content (AvgIpc) is 3.00. The minimum atomic E-state index is -0.124. The van der Waals surface area contributed by atoms with Crippen LogP contribution >= 0.6 is 23.5 Å². The Hall–Kier alpha value is -1.77. The molecule has 1 aromatic heterocycles. The molecule has 0 spiro atoms. The van der Waals surface area contributed by atoms with Crippen LogP contribution in [0.2, 0.25) is 0 Å². The van der Waals surface area contributed by atoms with Crippen molar-refractivity contribution in [2.75, 3.05) is 24.8 Å². The predicted octanol–water partition coefficient (Wildman–Crippen LogP) is 2.97. The molecule has 3 rings (SSSR count). The molecule has 6 nitrogen and oxygen atoms in total. The van der Waals surface area contributed by atoms with Gasteiger partial charge in [-0.15, -0.1) is 11.8 Å². The molecule has 0 saturated carbocycles. The van der Waals surface area contributed by atoms with Crippen molar-refractivity contribution in [1.29, 1.82) is 0 Å². The second-order valence-corrected chi connectivity index (χ2v) is 8.85. The quantitative estimate of drug-likeness (QED) is 0.564. The number of aromatic nitrogens is 2. The molecule has 1 aliphatic heterocycles. The highest BCUT2D eigenvalue weighted by Crippen LogP contribution is 2.34. The van der Waals surface area contributed by atoms with Crippen molar-refractivity contribution in [3.8, 4) is 0 Å². The number of ether oxygens (including phenoxy) is 1. The van der Waals surface area contributed by atoms with Crippen LogP contribution in [0.15, 0.2) is 39.1 Å². The first-order valence-electron chi connectivity index (χ1n) is 8.76. The highest BCUT2D eigenvalue weighted by atomic mass is 32.2. The number of fused-ring (bicyclic) bond motifs is 1. The minimum Gasteiger partial charge on any atom is -0.383 e. The number of aryl methyl sites for hydroxylation is 1. The number of anilines is 1. The third-order valence-electron chi connectivity index (χ3n) is 4.12. The molecule has 1 aromatic carbocycles. The van der Waals surface area contributed by atoms with E-state index in [2.05, 4.69) is 17.2 Å². The molecule has 0 bridgehead atoms. The van der Waals surface area contributed by atoms with Crippen molar-refractivity contribution in [3.63, 3.8) is 0 Å². The Morgan fingerprint density at radius 3 is 3.04 bits per heavy atom. The van der Waals surface area contributed by atoms with Crippen LogP contribution in [0, 0.1) is 6.92 Å². The fourth-order valence-corrected chi connectivity index (χ4v) is 4.83. The van der Waals surface area contributed by atoms with E-state index in [4.69, 9.17) is 4.74 Å². The van der Waals surface area contributed by atoms with Gasteiger partial charge in [0.05, 0.1) is 29.5 Å². The van der Waals surface area contributed by atoms with Gasteiger partial charge in [0.15, 0.2) is 5.16 Å². The van der Waals surface area contributed by atoms with Gasteiger partial charge in [-0.3, -0.25) is 14.2 Å². The van der Waals surface area contributed by atoms with Crippen LogP contribution in [0.3, 0.4) is 0 Å². The molecular weight excluding hydrogens is 382 g/mol. The highest BCUT2D eigenvalue weighted by Gasteiger charge is 2.26. The van der Waals surface area contributed by atoms with Crippen molar-refractivity contribution < 1.29 is 9.53 Å². The largest absolute Gasteiger partial charge is 0.383 e. The van der Waals surface area contributed by atoms with Gasteiger partial charge in [-0.2, -0.15) is 0 Å². The van der Waals surface area contributed by atoms with E-state index in [9.17, 15) is 9.59 Å². The number of amides is 1. The van der Waals surface area contributed by atoms with Crippen molar-refractivity contribution >= 4 is 35.1 Å². The van der Waals surface area contributed by atoms with E-state index >= 15 is 0 Å². The van der Waals surface area contributed by atoms with Gasteiger partial charge in [-0.05, 0) is 24.6 Å². The van der Waals surface area contributed by atoms with Gasteiger partial charge in [0.1, 0.15) is 0 Å². The van der Waals surface area contributed by atoms with Crippen LogP contribution in [0.4, 0.5) is 5.69 Å². The van der Waals surface area contributed by atoms with Gasteiger partial charge in [0.25, 0.3) is 5.56 Å². The van der Waals surface area contributed by atoms with Crippen LogP contribution in [0.25, 0.3) is 0 Å². The second-order valence-electron chi connectivity index (χ2n) is 6.46. The maximum Gasteiger partial charge on any atom is 0.268 e. The summed E-state index contributed by atoms with van der Waals surface area (Å²) in [7, 11) is 1.60.